The normalized spacial score (nSPS) is 14.2. The van der Waals surface area contributed by atoms with Gasteiger partial charge in [-0.15, -0.1) is 11.3 Å². The summed E-state index contributed by atoms with van der Waals surface area (Å²) in [6.07, 6.45) is -0.245. The highest BCUT2D eigenvalue weighted by atomic mass is 32.1. The lowest BCUT2D eigenvalue weighted by Crippen LogP contribution is -2.28. The Morgan fingerprint density at radius 1 is 1.33 bits per heavy atom. The largest absolute Gasteiger partial charge is 0.483 e. The summed E-state index contributed by atoms with van der Waals surface area (Å²) in [6.45, 7) is 3.78. The second-order valence-electron chi connectivity index (χ2n) is 4.32. The predicted octanol–water partition coefficient (Wildman–Crippen LogP) is 3.66. The molecule has 0 bridgehead atoms. The number of ether oxygens (including phenoxy) is 1. The predicted molar refractivity (Wildman–Crippen MR) is 72.5 cm³/mol. The van der Waals surface area contributed by atoms with Crippen LogP contribution in [0.25, 0.3) is 0 Å². The zero-order valence-electron chi connectivity index (χ0n) is 10.4. The smallest absolute Gasteiger partial charge is 0.148 e. The molecule has 0 aliphatic carbocycles. The number of benzene rings is 1. The van der Waals surface area contributed by atoms with E-state index in [1.54, 1.807) is 17.4 Å². The molecule has 0 amide bonds. The third-order valence-corrected chi connectivity index (χ3v) is 3.64. The van der Waals surface area contributed by atoms with E-state index in [1.807, 2.05) is 31.4 Å². The van der Waals surface area contributed by atoms with Crippen molar-refractivity contribution >= 4 is 11.3 Å². The number of nitrogens with two attached hydrogens (primary N) is 1. The van der Waals surface area contributed by atoms with E-state index in [0.29, 0.717) is 5.75 Å². The van der Waals surface area contributed by atoms with Gasteiger partial charge in [-0.3, -0.25) is 0 Å². The maximum absolute atomic E-state index is 13.2. The van der Waals surface area contributed by atoms with Crippen LogP contribution < -0.4 is 10.5 Å². The number of thiophene rings is 1. The zero-order valence-corrected chi connectivity index (χ0v) is 11.2. The van der Waals surface area contributed by atoms with Gasteiger partial charge in [0.15, 0.2) is 0 Å². The van der Waals surface area contributed by atoms with Gasteiger partial charge in [0.25, 0.3) is 0 Å². The molecule has 0 fully saturated rings. The maximum Gasteiger partial charge on any atom is 0.148 e. The number of hydrogen-bond acceptors (Lipinski definition) is 3. The second kappa shape index (κ2) is 5.50. The average molecular weight is 265 g/mol. The van der Waals surface area contributed by atoms with Crippen molar-refractivity contribution in [3.05, 3.63) is 52.0 Å². The van der Waals surface area contributed by atoms with E-state index >= 15 is 0 Å². The van der Waals surface area contributed by atoms with Crippen LogP contribution in [-0.2, 0) is 0 Å². The van der Waals surface area contributed by atoms with Crippen molar-refractivity contribution in [2.45, 2.75) is 26.0 Å². The van der Waals surface area contributed by atoms with E-state index in [9.17, 15) is 4.39 Å². The fourth-order valence-corrected chi connectivity index (χ4v) is 2.58. The topological polar surface area (TPSA) is 35.2 Å². The van der Waals surface area contributed by atoms with E-state index in [1.165, 1.54) is 12.1 Å². The van der Waals surface area contributed by atoms with Gasteiger partial charge >= 0.3 is 0 Å². The number of halogens is 1. The summed E-state index contributed by atoms with van der Waals surface area (Å²) in [7, 11) is 0. The first-order chi connectivity index (χ1) is 8.58. The van der Waals surface area contributed by atoms with Crippen molar-refractivity contribution in [3.63, 3.8) is 0 Å². The minimum Gasteiger partial charge on any atom is -0.483 e. The second-order valence-corrected chi connectivity index (χ2v) is 5.30. The summed E-state index contributed by atoms with van der Waals surface area (Å²) in [5.41, 5.74) is 6.85. The Labute approximate surface area is 110 Å². The van der Waals surface area contributed by atoms with Crippen LogP contribution in [0.5, 0.6) is 5.75 Å². The third-order valence-electron chi connectivity index (χ3n) is 2.71. The average Bonchev–Trinajstić information content (AvgIpc) is 2.83. The first-order valence-electron chi connectivity index (χ1n) is 5.79. The molecule has 0 aliphatic rings. The first-order valence-corrected chi connectivity index (χ1v) is 6.67. The van der Waals surface area contributed by atoms with Crippen LogP contribution in [0.4, 0.5) is 4.39 Å². The molecule has 1 aromatic carbocycles. The van der Waals surface area contributed by atoms with Crippen LogP contribution in [0.15, 0.2) is 35.7 Å². The van der Waals surface area contributed by atoms with Crippen molar-refractivity contribution < 1.29 is 9.13 Å². The zero-order chi connectivity index (χ0) is 13.1. The Kier molecular flexibility index (Phi) is 3.99. The summed E-state index contributed by atoms with van der Waals surface area (Å²) >= 11 is 1.59. The molecule has 0 aliphatic heterocycles. The van der Waals surface area contributed by atoms with Crippen molar-refractivity contribution in [1.82, 2.24) is 0 Å². The van der Waals surface area contributed by atoms with Gasteiger partial charge in [-0.05, 0) is 36.9 Å². The van der Waals surface area contributed by atoms with Gasteiger partial charge in [0.05, 0.1) is 0 Å². The van der Waals surface area contributed by atoms with Gasteiger partial charge < -0.3 is 10.5 Å². The van der Waals surface area contributed by atoms with E-state index in [0.717, 1.165) is 10.4 Å². The molecular formula is C14H16FNOS. The molecule has 2 atom stereocenters. The molecule has 2 N–H and O–H groups in total. The van der Waals surface area contributed by atoms with Crippen LogP contribution >= 0.6 is 11.3 Å². The Balaban J connectivity index is 2.27. The quantitative estimate of drug-likeness (QED) is 0.915. The number of rotatable bonds is 4. The highest BCUT2D eigenvalue weighted by molar-refractivity contribution is 7.10. The van der Waals surface area contributed by atoms with Crippen LogP contribution in [0.2, 0.25) is 0 Å². The van der Waals surface area contributed by atoms with Gasteiger partial charge in [-0.1, -0.05) is 12.1 Å². The van der Waals surface area contributed by atoms with Crippen molar-refractivity contribution in [2.24, 2.45) is 5.73 Å². The Hall–Kier alpha value is -1.39. The van der Waals surface area contributed by atoms with E-state index < -0.39 is 0 Å². The minimum absolute atomic E-state index is 0.161. The molecule has 4 heteroatoms. The summed E-state index contributed by atoms with van der Waals surface area (Å²) < 4.78 is 19.1. The Morgan fingerprint density at radius 3 is 2.72 bits per heavy atom. The molecule has 0 spiro atoms. The molecule has 0 radical (unpaired) electrons. The first kappa shape index (κ1) is 13.1. The lowest BCUT2D eigenvalue weighted by atomic mass is 10.1. The van der Waals surface area contributed by atoms with Crippen LogP contribution in [0.3, 0.4) is 0 Å². The molecule has 96 valence electrons. The van der Waals surface area contributed by atoms with E-state index in [-0.39, 0.29) is 18.0 Å². The number of aryl methyl sites for hydroxylation is 1. The summed E-state index contributed by atoms with van der Waals surface area (Å²) in [5, 5.41) is 1.98. The van der Waals surface area contributed by atoms with Gasteiger partial charge in [0, 0.05) is 17.0 Å². The van der Waals surface area contributed by atoms with Crippen LogP contribution in [-0.4, -0.2) is 6.04 Å². The molecule has 2 rings (SSSR count). The highest BCUT2D eigenvalue weighted by Crippen LogP contribution is 2.29. The molecule has 2 unspecified atom stereocenters. The molecular weight excluding hydrogens is 249 g/mol. The Bertz CT molecular complexity index is 511. The molecule has 1 heterocycles. The van der Waals surface area contributed by atoms with Crippen LogP contribution in [0.1, 0.15) is 23.5 Å². The molecule has 1 aromatic heterocycles. The highest BCUT2D eigenvalue weighted by Gasteiger charge is 2.20. The summed E-state index contributed by atoms with van der Waals surface area (Å²) in [5.74, 6) is 0.246. The van der Waals surface area contributed by atoms with Crippen molar-refractivity contribution in [2.75, 3.05) is 0 Å². The molecule has 2 aromatic rings. The van der Waals surface area contributed by atoms with Gasteiger partial charge in [0.1, 0.15) is 17.7 Å². The molecule has 0 saturated carbocycles. The van der Waals surface area contributed by atoms with Gasteiger partial charge in [-0.2, -0.15) is 0 Å². The number of hydrogen-bond donors (Lipinski definition) is 1. The van der Waals surface area contributed by atoms with E-state index in [4.69, 9.17) is 10.5 Å². The van der Waals surface area contributed by atoms with Crippen molar-refractivity contribution in [3.8, 4) is 5.75 Å². The standard InChI is InChI=1S/C14H16FNOS/c1-9-5-6-11(15)8-12(9)17-14(10(2)16)13-4-3-7-18-13/h3-8,10,14H,16H2,1-2H3. The lowest BCUT2D eigenvalue weighted by Gasteiger charge is -2.22. The SMILES string of the molecule is Cc1ccc(F)cc1OC(c1cccs1)C(C)N. The van der Waals surface area contributed by atoms with Crippen molar-refractivity contribution in [1.29, 1.82) is 0 Å². The van der Waals surface area contributed by atoms with Gasteiger partial charge in [0.2, 0.25) is 0 Å². The summed E-state index contributed by atoms with van der Waals surface area (Å²) in [6, 6.07) is 8.31. The molecule has 18 heavy (non-hydrogen) atoms. The summed E-state index contributed by atoms with van der Waals surface area (Å²) in [4.78, 5) is 1.05. The van der Waals surface area contributed by atoms with Gasteiger partial charge in [-0.25, -0.2) is 4.39 Å². The molecule has 0 saturated heterocycles. The Morgan fingerprint density at radius 2 is 2.11 bits per heavy atom. The fraction of sp³-hybridized carbons (Fsp3) is 0.286. The maximum atomic E-state index is 13.2. The third kappa shape index (κ3) is 2.89. The minimum atomic E-state index is -0.301. The fourth-order valence-electron chi connectivity index (χ4n) is 1.72. The van der Waals surface area contributed by atoms with E-state index in [2.05, 4.69) is 0 Å². The lowest BCUT2D eigenvalue weighted by molar-refractivity contribution is 0.182. The molecule has 2 nitrogen and oxygen atoms in total. The van der Waals surface area contributed by atoms with Crippen LogP contribution in [0, 0.1) is 12.7 Å². The monoisotopic (exact) mass is 265 g/mol.